The lowest BCUT2D eigenvalue weighted by molar-refractivity contribution is -0.140. The first-order chi connectivity index (χ1) is 34.9. The fraction of sp³-hybridized carbons (Fsp3) is 0.391. The molecule has 2 aliphatic heterocycles. The number of aliphatic carboxylic acids is 1. The quantitative estimate of drug-likeness (QED) is 0.186. The maximum absolute atomic E-state index is 13.0. The van der Waals surface area contributed by atoms with Crippen molar-refractivity contribution in [2.24, 2.45) is 28.2 Å². The number of rotatable bonds is 9. The molecule has 2 fully saturated rings. The summed E-state index contributed by atoms with van der Waals surface area (Å²) in [5, 5.41) is 11.7. The number of nitrogens with zero attached hydrogens (tertiary/aromatic N) is 18. The van der Waals surface area contributed by atoms with E-state index in [9.17, 15) is 28.8 Å². The summed E-state index contributed by atoms with van der Waals surface area (Å²) in [6.07, 6.45) is 20.4. The molecule has 4 atom stereocenters. The number of nitrogen functional groups attached to an aromatic ring is 1. The molecule has 2 aliphatic rings. The molecule has 10 rings (SSSR count). The number of imidazole rings is 2. The molecule has 8 aromatic heterocycles. The van der Waals surface area contributed by atoms with E-state index in [1.807, 2.05) is 0 Å². The molecule has 1 amide bonds. The topological polar surface area (TPSA) is 326 Å². The number of nitrogens with one attached hydrogen (secondary N) is 1. The van der Waals surface area contributed by atoms with Gasteiger partial charge in [-0.15, -0.1) is 12.4 Å². The number of carboxylic acids is 1. The molecule has 10 heterocycles. The zero-order chi connectivity index (χ0) is 52.4. The average Bonchev–Trinajstić information content (AvgIpc) is 4.24. The summed E-state index contributed by atoms with van der Waals surface area (Å²) in [6, 6.07) is -0.817. The fourth-order valence-corrected chi connectivity index (χ4v) is 8.54. The monoisotopic (exact) mass is 1030 g/mol. The largest absolute Gasteiger partial charge is 0.480 e. The highest BCUT2D eigenvalue weighted by Crippen LogP contribution is 2.25. The third kappa shape index (κ3) is 10.4. The van der Waals surface area contributed by atoms with E-state index < -0.39 is 46.5 Å². The Morgan fingerprint density at radius 2 is 1.05 bits per heavy atom. The van der Waals surface area contributed by atoms with Gasteiger partial charge in [-0.05, 0) is 53.4 Å². The van der Waals surface area contributed by atoms with E-state index in [0.29, 0.717) is 40.8 Å². The van der Waals surface area contributed by atoms with Crippen molar-refractivity contribution < 1.29 is 14.7 Å². The number of carboxylic acid groups (broad SMARTS) is 1. The van der Waals surface area contributed by atoms with Gasteiger partial charge in [0.1, 0.15) is 17.9 Å². The molecular weight excluding hydrogens is 980 g/mol. The number of hydrogen-bond donors (Lipinski definition) is 3. The Bertz CT molecular complexity index is 3610. The summed E-state index contributed by atoms with van der Waals surface area (Å²) in [5.74, 6) is 0.606. The first-order valence-electron chi connectivity index (χ1n) is 23.2. The van der Waals surface area contributed by atoms with Gasteiger partial charge in [-0.3, -0.25) is 42.6 Å². The van der Waals surface area contributed by atoms with Gasteiger partial charge in [0.15, 0.2) is 28.1 Å². The maximum Gasteiger partial charge on any atom is 0.332 e. The third-order valence-electron chi connectivity index (χ3n) is 12.9. The molecule has 388 valence electrons. The normalized spacial score (nSPS) is 15.9. The average molecular weight is 1040 g/mol. The number of carbonyl (C=O) groups is 2. The number of nitrogens with two attached hydrogens (primary N) is 1. The maximum atomic E-state index is 13.0. The van der Waals surface area contributed by atoms with Crippen LogP contribution < -0.4 is 43.3 Å². The van der Waals surface area contributed by atoms with Crippen LogP contribution in [0.4, 0.5) is 23.5 Å². The number of carbonyl (C=O) groups excluding carboxylic acids is 1. The molecule has 74 heavy (non-hydrogen) atoms. The van der Waals surface area contributed by atoms with E-state index in [0.717, 1.165) is 46.6 Å². The van der Waals surface area contributed by atoms with Crippen molar-refractivity contribution in [3.8, 4) is 22.5 Å². The molecule has 0 radical (unpaired) electrons. The van der Waals surface area contributed by atoms with Crippen LogP contribution in [0.25, 0.3) is 44.8 Å². The first kappa shape index (κ1) is 53.1. The predicted octanol–water partition coefficient (Wildman–Crippen LogP) is 1.87. The SMILES string of the molecule is C[C@@H](C(=O)O)n1cnc2c1c(=O)n(C)c(=O)n2C.C[C@H]1CCCN1c1ncc(-c2cncc(N)n2)cn1.C[C@H]1CCCN1c1ncc(-c2cncc(NC(=O)[C@H](C)n3cnc4c3c(=O)n(C)c(=O)n4C)n2)cn1.Cl. The Balaban J connectivity index is 0.000000177. The van der Waals surface area contributed by atoms with Gasteiger partial charge in [-0.2, -0.15) is 0 Å². The van der Waals surface area contributed by atoms with Crippen LogP contribution in [0.5, 0.6) is 0 Å². The van der Waals surface area contributed by atoms with Crippen molar-refractivity contribution in [1.29, 1.82) is 0 Å². The van der Waals surface area contributed by atoms with Crippen molar-refractivity contribution in [3.63, 3.8) is 0 Å². The second-order valence-corrected chi connectivity index (χ2v) is 17.8. The van der Waals surface area contributed by atoms with Crippen molar-refractivity contribution >= 4 is 70.1 Å². The molecule has 4 N–H and O–H groups in total. The van der Waals surface area contributed by atoms with Gasteiger partial charge in [0.25, 0.3) is 11.1 Å². The van der Waals surface area contributed by atoms with Crippen LogP contribution in [0, 0.1) is 0 Å². The first-order valence-corrected chi connectivity index (χ1v) is 23.2. The standard InChI is InChI=1S/C23H26N10O3.C13H16N6.C10H12N4O4.ClH/c1-13-6-5-7-32(13)22-25-8-15(9-26-22)16-10-24-11-17(28-16)29-20(34)14(2)33-12-27-19-18(33)21(35)31(4)23(36)30(19)3;1-9-3-2-4-19(9)13-16-5-10(6-17-13)11-7-15-8-12(14)18-11;1-5(9(16)17)14-4-11-7-6(14)8(15)13(3)10(18)12(7)2;/h8-14H,5-7H2,1-4H3,(H,28,29,34);5-9H,2-4H2,1H3,(H2,14,18);4-5H,1-3H3,(H,16,17);1H/t13-,14-;9-;5-;/m000./s1. The minimum absolute atomic E-state index is 0. The van der Waals surface area contributed by atoms with Gasteiger partial charge >= 0.3 is 17.3 Å². The second-order valence-electron chi connectivity index (χ2n) is 17.8. The zero-order valence-corrected chi connectivity index (χ0v) is 42.6. The van der Waals surface area contributed by atoms with E-state index in [4.69, 9.17) is 10.8 Å². The highest BCUT2D eigenvalue weighted by atomic mass is 35.5. The Labute approximate surface area is 426 Å². The lowest BCUT2D eigenvalue weighted by Crippen LogP contribution is -2.38. The van der Waals surface area contributed by atoms with Gasteiger partial charge in [-0.1, -0.05) is 0 Å². The van der Waals surface area contributed by atoms with E-state index in [2.05, 4.69) is 78.8 Å². The van der Waals surface area contributed by atoms with E-state index >= 15 is 0 Å². The molecule has 0 unspecified atom stereocenters. The summed E-state index contributed by atoms with van der Waals surface area (Å²) >= 11 is 0. The van der Waals surface area contributed by atoms with Crippen LogP contribution in [0.2, 0.25) is 0 Å². The predicted molar refractivity (Wildman–Crippen MR) is 276 cm³/mol. The van der Waals surface area contributed by atoms with Crippen LogP contribution in [0.15, 0.2) is 81.4 Å². The molecule has 0 saturated carbocycles. The van der Waals surface area contributed by atoms with Crippen molar-refractivity contribution in [2.45, 2.75) is 77.5 Å². The highest BCUT2D eigenvalue weighted by molar-refractivity contribution is 5.93. The summed E-state index contributed by atoms with van der Waals surface area (Å²) in [6.45, 7) is 9.40. The number of hydrogen-bond acceptors (Lipinski definition) is 19. The van der Waals surface area contributed by atoms with Crippen LogP contribution in [0.1, 0.15) is 65.5 Å². The fourth-order valence-electron chi connectivity index (χ4n) is 8.54. The molecular formula is C46H55ClN20O7. The lowest BCUT2D eigenvalue weighted by Gasteiger charge is -2.20. The number of amides is 1. The Morgan fingerprint density at radius 1 is 0.622 bits per heavy atom. The van der Waals surface area contributed by atoms with Gasteiger partial charge in [0, 0.05) is 89.3 Å². The summed E-state index contributed by atoms with van der Waals surface area (Å²) in [5.41, 5.74) is 6.90. The number of aryl methyl sites for hydroxylation is 2. The molecule has 0 bridgehead atoms. The van der Waals surface area contributed by atoms with Gasteiger partial charge in [0.05, 0.1) is 48.8 Å². The second kappa shape index (κ2) is 21.9. The van der Waals surface area contributed by atoms with Crippen molar-refractivity contribution in [3.05, 3.63) is 104 Å². The number of aromatic nitrogens is 16. The Kier molecular flexibility index (Phi) is 15.7. The van der Waals surface area contributed by atoms with E-state index in [1.165, 1.54) is 91.3 Å². The van der Waals surface area contributed by atoms with Crippen LogP contribution in [0.3, 0.4) is 0 Å². The van der Waals surface area contributed by atoms with Crippen LogP contribution in [-0.4, -0.2) is 119 Å². The summed E-state index contributed by atoms with van der Waals surface area (Å²) < 4.78 is 7.08. The molecule has 28 heteroatoms. The van der Waals surface area contributed by atoms with E-state index in [-0.39, 0.29) is 40.6 Å². The number of fused-ring (bicyclic) bond motifs is 2. The third-order valence-corrected chi connectivity index (χ3v) is 12.9. The smallest absolute Gasteiger partial charge is 0.332 e. The van der Waals surface area contributed by atoms with Crippen molar-refractivity contribution in [2.75, 3.05) is 33.9 Å². The molecule has 0 aliphatic carbocycles. The van der Waals surface area contributed by atoms with Crippen LogP contribution >= 0.6 is 12.4 Å². The Morgan fingerprint density at radius 3 is 1.47 bits per heavy atom. The highest BCUT2D eigenvalue weighted by Gasteiger charge is 2.26. The number of halogens is 1. The Hall–Kier alpha value is -8.75. The van der Waals surface area contributed by atoms with Gasteiger partial charge < -0.3 is 35.1 Å². The summed E-state index contributed by atoms with van der Waals surface area (Å²) in [4.78, 5) is 120. The van der Waals surface area contributed by atoms with Crippen molar-refractivity contribution in [1.82, 2.24) is 77.2 Å². The molecule has 2 saturated heterocycles. The molecule has 8 aromatic rings. The van der Waals surface area contributed by atoms with Gasteiger partial charge in [-0.25, -0.2) is 54.3 Å². The molecule has 0 spiro atoms. The molecule has 27 nitrogen and oxygen atoms in total. The number of anilines is 4. The van der Waals surface area contributed by atoms with Gasteiger partial charge in [0.2, 0.25) is 17.8 Å². The summed E-state index contributed by atoms with van der Waals surface area (Å²) in [7, 11) is 5.73. The molecule has 0 aromatic carbocycles. The van der Waals surface area contributed by atoms with Crippen LogP contribution in [-0.2, 0) is 37.8 Å². The zero-order valence-electron chi connectivity index (χ0n) is 41.8. The minimum atomic E-state index is -1.08. The lowest BCUT2D eigenvalue weighted by atomic mass is 10.2. The minimum Gasteiger partial charge on any atom is -0.480 e. The van der Waals surface area contributed by atoms with E-state index in [1.54, 1.807) is 44.1 Å².